The Bertz CT molecular complexity index is 1090. The van der Waals surface area contributed by atoms with Gasteiger partial charge in [0.2, 0.25) is 0 Å². The smallest absolute Gasteiger partial charge is 0.338 e. The van der Waals surface area contributed by atoms with E-state index in [1.165, 1.54) is 18.9 Å². The van der Waals surface area contributed by atoms with Crippen molar-refractivity contribution >= 4 is 45.2 Å². The number of carbonyl (C=O) groups is 3. The summed E-state index contributed by atoms with van der Waals surface area (Å²) >= 11 is 4.67. The minimum absolute atomic E-state index is 0.0193. The largest absolute Gasteiger partial charge is 0.465 e. The van der Waals surface area contributed by atoms with E-state index in [9.17, 15) is 14.4 Å². The first-order valence-electron chi connectivity index (χ1n) is 9.15. The molecule has 0 bridgehead atoms. The van der Waals surface area contributed by atoms with E-state index in [0.717, 1.165) is 9.37 Å². The highest BCUT2D eigenvalue weighted by Crippen LogP contribution is 2.28. The van der Waals surface area contributed by atoms with E-state index in [-0.39, 0.29) is 22.9 Å². The second kappa shape index (κ2) is 9.87. The summed E-state index contributed by atoms with van der Waals surface area (Å²) in [6, 6.07) is 19.4. The van der Waals surface area contributed by atoms with Gasteiger partial charge in [0.15, 0.2) is 11.6 Å². The molecule has 0 aliphatic heterocycles. The van der Waals surface area contributed by atoms with E-state index < -0.39 is 5.97 Å². The second-order valence-electron chi connectivity index (χ2n) is 6.57. The molecule has 0 fully saturated rings. The van der Waals surface area contributed by atoms with Gasteiger partial charge in [0.1, 0.15) is 0 Å². The number of Topliss-reactive ketones (excluding diaryl/α,β-unsaturated/α-hetero) is 1. The maximum atomic E-state index is 13.0. The molecule has 0 unspecified atom stereocenters. The number of methoxy groups -OCH3 is 1. The van der Waals surface area contributed by atoms with E-state index in [2.05, 4.69) is 15.9 Å². The molecule has 0 radical (unpaired) electrons. The lowest BCUT2D eigenvalue weighted by Crippen LogP contribution is -2.14. The van der Waals surface area contributed by atoms with E-state index in [1.54, 1.807) is 49.4 Å². The van der Waals surface area contributed by atoms with Crippen molar-refractivity contribution in [3.63, 3.8) is 0 Å². The topological polar surface area (TPSA) is 60.4 Å². The molecule has 0 spiro atoms. The maximum absolute atomic E-state index is 13.0. The van der Waals surface area contributed by atoms with Gasteiger partial charge in [0.25, 0.3) is 0 Å². The number of ketones is 2. The molecule has 0 aliphatic rings. The van der Waals surface area contributed by atoms with Crippen LogP contribution in [0.4, 0.5) is 0 Å². The number of rotatable bonds is 7. The molecule has 0 N–H and O–H groups in total. The molecule has 6 heteroatoms. The Morgan fingerprint density at radius 2 is 1.60 bits per heavy atom. The highest BCUT2D eigenvalue weighted by atomic mass is 79.9. The highest BCUT2D eigenvalue weighted by Gasteiger charge is 2.22. The molecule has 0 amide bonds. The lowest BCUT2D eigenvalue weighted by atomic mass is 9.94. The van der Waals surface area contributed by atoms with Crippen LogP contribution < -0.4 is 0 Å². The van der Waals surface area contributed by atoms with Crippen LogP contribution in [-0.2, 0) is 4.74 Å². The first-order chi connectivity index (χ1) is 14.4. The molecule has 0 aliphatic carbocycles. The third kappa shape index (κ3) is 5.07. The van der Waals surface area contributed by atoms with Crippen molar-refractivity contribution in [1.29, 1.82) is 0 Å². The second-order valence-corrected chi connectivity index (χ2v) is 8.53. The van der Waals surface area contributed by atoms with Crippen LogP contribution in [-0.4, -0.2) is 30.4 Å². The number of hydrogen-bond donors (Lipinski definition) is 0. The number of thioether (sulfide) groups is 1. The summed E-state index contributed by atoms with van der Waals surface area (Å²) in [4.78, 5) is 38.6. The number of ether oxygens (including phenoxy) is 1. The van der Waals surface area contributed by atoms with Crippen LogP contribution in [0.1, 0.15) is 42.2 Å². The van der Waals surface area contributed by atoms with E-state index >= 15 is 0 Å². The summed E-state index contributed by atoms with van der Waals surface area (Å²) in [5.74, 6) is -0.627. The van der Waals surface area contributed by atoms with Crippen molar-refractivity contribution in [3.05, 3.63) is 99.0 Å². The quantitative estimate of drug-likeness (QED) is 0.243. The van der Waals surface area contributed by atoms with Gasteiger partial charge in [-0.05, 0) is 36.8 Å². The zero-order valence-electron chi connectivity index (χ0n) is 16.5. The summed E-state index contributed by atoms with van der Waals surface area (Å²) in [5.41, 5.74) is 2.29. The molecule has 0 heterocycles. The van der Waals surface area contributed by atoms with Gasteiger partial charge in [-0.3, -0.25) is 9.59 Å². The van der Waals surface area contributed by atoms with Crippen LogP contribution >= 0.6 is 27.7 Å². The third-order valence-corrected chi connectivity index (χ3v) is 6.02. The molecule has 3 aromatic rings. The Balaban J connectivity index is 1.89. The van der Waals surface area contributed by atoms with Gasteiger partial charge in [-0.25, -0.2) is 4.79 Å². The Morgan fingerprint density at radius 3 is 2.23 bits per heavy atom. The SMILES string of the molecule is COC(=O)c1cc(SCC(=O)c2ccc(Br)cc2)cc(C)c1C(=O)c1ccccc1. The molecule has 3 rings (SSSR count). The monoisotopic (exact) mass is 482 g/mol. The Morgan fingerprint density at radius 1 is 0.933 bits per heavy atom. The summed E-state index contributed by atoms with van der Waals surface area (Å²) in [6.07, 6.45) is 0. The van der Waals surface area contributed by atoms with Gasteiger partial charge >= 0.3 is 5.97 Å². The minimum Gasteiger partial charge on any atom is -0.465 e. The Hall–Kier alpha value is -2.70. The molecule has 0 saturated heterocycles. The number of esters is 1. The molecule has 152 valence electrons. The van der Waals surface area contributed by atoms with Gasteiger partial charge in [0.05, 0.1) is 18.4 Å². The maximum Gasteiger partial charge on any atom is 0.338 e. The van der Waals surface area contributed by atoms with Gasteiger partial charge in [-0.2, -0.15) is 0 Å². The van der Waals surface area contributed by atoms with E-state index in [1.807, 2.05) is 24.3 Å². The lowest BCUT2D eigenvalue weighted by molar-refractivity contribution is 0.0597. The molecule has 3 aromatic carbocycles. The van der Waals surface area contributed by atoms with Crippen molar-refractivity contribution in [3.8, 4) is 0 Å². The lowest BCUT2D eigenvalue weighted by Gasteiger charge is -2.13. The molecule has 30 heavy (non-hydrogen) atoms. The average Bonchev–Trinajstić information content (AvgIpc) is 2.77. The van der Waals surface area contributed by atoms with Crippen LogP contribution in [0.15, 0.2) is 76.1 Å². The third-order valence-electron chi connectivity index (χ3n) is 4.51. The fourth-order valence-corrected chi connectivity index (χ4v) is 4.20. The molecule has 0 atom stereocenters. The first kappa shape index (κ1) is 22.0. The van der Waals surface area contributed by atoms with Crippen molar-refractivity contribution in [2.75, 3.05) is 12.9 Å². The molecule has 0 saturated carbocycles. The van der Waals surface area contributed by atoms with E-state index in [0.29, 0.717) is 22.3 Å². The number of carbonyl (C=O) groups excluding carboxylic acids is 3. The van der Waals surface area contributed by atoms with Gasteiger partial charge in [-0.15, -0.1) is 11.8 Å². The van der Waals surface area contributed by atoms with Gasteiger partial charge in [0, 0.05) is 26.1 Å². The summed E-state index contributed by atoms with van der Waals surface area (Å²) in [6.45, 7) is 1.78. The zero-order chi connectivity index (χ0) is 21.7. The highest BCUT2D eigenvalue weighted by molar-refractivity contribution is 9.10. The van der Waals surface area contributed by atoms with E-state index in [4.69, 9.17) is 4.74 Å². The fraction of sp³-hybridized carbons (Fsp3) is 0.125. The number of aryl methyl sites for hydroxylation is 1. The molecule has 0 aromatic heterocycles. The number of halogens is 1. The predicted molar refractivity (Wildman–Crippen MR) is 122 cm³/mol. The minimum atomic E-state index is -0.584. The van der Waals surface area contributed by atoms with Gasteiger partial charge < -0.3 is 4.74 Å². The first-order valence-corrected chi connectivity index (χ1v) is 10.9. The van der Waals surface area contributed by atoms with Crippen molar-refractivity contribution in [1.82, 2.24) is 0 Å². The number of benzene rings is 3. The summed E-state index contributed by atoms with van der Waals surface area (Å²) < 4.78 is 5.81. The Kier molecular flexibility index (Phi) is 7.24. The van der Waals surface area contributed by atoms with Crippen LogP contribution in [0.5, 0.6) is 0 Å². The summed E-state index contributed by atoms with van der Waals surface area (Å²) in [7, 11) is 1.28. The van der Waals surface area contributed by atoms with Crippen molar-refractivity contribution in [2.24, 2.45) is 0 Å². The Labute approximate surface area is 187 Å². The average molecular weight is 483 g/mol. The van der Waals surface area contributed by atoms with Crippen molar-refractivity contribution < 1.29 is 19.1 Å². The number of hydrogen-bond acceptors (Lipinski definition) is 5. The van der Waals surface area contributed by atoms with Crippen molar-refractivity contribution in [2.45, 2.75) is 11.8 Å². The molecular weight excluding hydrogens is 464 g/mol. The fourth-order valence-electron chi connectivity index (χ4n) is 3.01. The van der Waals surface area contributed by atoms with Crippen LogP contribution in [0.25, 0.3) is 0 Å². The predicted octanol–water partition coefficient (Wildman–Crippen LogP) is 5.75. The van der Waals surface area contributed by atoms with Gasteiger partial charge in [-0.1, -0.05) is 58.4 Å². The zero-order valence-corrected chi connectivity index (χ0v) is 18.9. The van der Waals surface area contributed by atoms with Crippen LogP contribution in [0.3, 0.4) is 0 Å². The normalized spacial score (nSPS) is 10.5. The summed E-state index contributed by atoms with van der Waals surface area (Å²) in [5, 5.41) is 0. The van der Waals surface area contributed by atoms with Crippen LogP contribution in [0.2, 0.25) is 0 Å². The molecule has 4 nitrogen and oxygen atoms in total. The van der Waals surface area contributed by atoms with Crippen LogP contribution in [0, 0.1) is 6.92 Å². The molecular formula is C24H19BrO4S. The standard InChI is InChI=1S/C24H19BrO4S/c1-15-12-19(30-14-21(26)16-8-10-18(25)11-9-16)13-20(24(28)29-2)22(15)23(27)17-6-4-3-5-7-17/h3-13H,14H2,1-2H3.